The van der Waals surface area contributed by atoms with Crippen LogP contribution in [0.4, 0.5) is 8.78 Å². The average Bonchev–Trinajstić information content (AvgIpc) is 2.81. The maximum absolute atomic E-state index is 12.5. The van der Waals surface area contributed by atoms with Crippen molar-refractivity contribution in [2.24, 2.45) is 0 Å². The van der Waals surface area contributed by atoms with Gasteiger partial charge in [0.1, 0.15) is 17.1 Å². The van der Waals surface area contributed by atoms with Gasteiger partial charge in [0.05, 0.1) is 12.3 Å². The van der Waals surface area contributed by atoms with E-state index in [0.29, 0.717) is 55.2 Å². The molecule has 178 valence electrons. The summed E-state index contributed by atoms with van der Waals surface area (Å²) >= 11 is 0. The van der Waals surface area contributed by atoms with Gasteiger partial charge in [0.25, 0.3) is 0 Å². The number of halogens is 2. The largest absolute Gasteiger partial charge is 0.493 e. The number of rotatable bonds is 9. The number of hydrogen-bond acceptors (Lipinski definition) is 5. The van der Waals surface area contributed by atoms with Gasteiger partial charge in [0.2, 0.25) is 0 Å². The van der Waals surface area contributed by atoms with E-state index in [4.69, 9.17) is 9.47 Å². The molecule has 0 unspecified atom stereocenters. The summed E-state index contributed by atoms with van der Waals surface area (Å²) < 4.78 is 42.4. The zero-order valence-electron chi connectivity index (χ0n) is 18.4. The highest BCUT2D eigenvalue weighted by atomic mass is 19.3. The van der Waals surface area contributed by atoms with Crippen LogP contribution in [0.15, 0.2) is 53.5 Å². The molecule has 1 N–H and O–H groups in total. The average molecular weight is 471 g/mol. The first kappa shape index (κ1) is 23.4. The molecule has 1 aliphatic heterocycles. The van der Waals surface area contributed by atoms with Crippen LogP contribution in [0.2, 0.25) is 0 Å². The standard InChI is InChI=1S/C25H23F2NO6/c1-32-9-2-10-33-23-11-16-7-8-28-14-20(24(30)31)22(29)13-21(28)18(16)12-19(23)15-3-5-17(6-4-15)34-25(26)27/h3-6,11-14,25H,2,7-10H2,1H3,(H,30,31). The summed E-state index contributed by atoms with van der Waals surface area (Å²) in [7, 11) is 1.61. The summed E-state index contributed by atoms with van der Waals surface area (Å²) in [6, 6.07) is 11.4. The number of carbonyl (C=O) groups is 1. The molecule has 7 nitrogen and oxygen atoms in total. The van der Waals surface area contributed by atoms with Gasteiger partial charge in [-0.3, -0.25) is 4.79 Å². The Morgan fingerprint density at radius 3 is 2.56 bits per heavy atom. The number of ether oxygens (including phenoxy) is 3. The number of aryl methyl sites for hydroxylation is 2. The molecule has 1 aliphatic rings. The van der Waals surface area contributed by atoms with Gasteiger partial charge in [-0.25, -0.2) is 4.79 Å². The van der Waals surface area contributed by atoms with E-state index >= 15 is 0 Å². The molecule has 4 rings (SSSR count). The second-order valence-corrected chi connectivity index (χ2v) is 7.79. The molecule has 0 saturated carbocycles. The number of hydrogen-bond donors (Lipinski definition) is 1. The van der Waals surface area contributed by atoms with Crippen molar-refractivity contribution in [3.05, 3.63) is 70.0 Å². The fraction of sp³-hybridized carbons (Fsp3) is 0.280. The van der Waals surface area contributed by atoms with Crippen LogP contribution in [0.3, 0.4) is 0 Å². The number of fused-ring (bicyclic) bond motifs is 3. The first-order chi connectivity index (χ1) is 16.4. The van der Waals surface area contributed by atoms with Crippen molar-refractivity contribution in [3.8, 4) is 33.9 Å². The number of aromatic carboxylic acids is 1. The summed E-state index contributed by atoms with van der Waals surface area (Å²) in [5, 5.41) is 9.29. The van der Waals surface area contributed by atoms with Gasteiger partial charge in [0.15, 0.2) is 5.43 Å². The molecule has 1 aromatic heterocycles. The van der Waals surface area contributed by atoms with Gasteiger partial charge in [0, 0.05) is 50.1 Å². The summed E-state index contributed by atoms with van der Waals surface area (Å²) in [5.74, 6) is -0.606. The van der Waals surface area contributed by atoms with Crippen LogP contribution in [0, 0.1) is 0 Å². The van der Waals surface area contributed by atoms with Gasteiger partial charge < -0.3 is 23.9 Å². The first-order valence-corrected chi connectivity index (χ1v) is 10.7. The number of benzene rings is 2. The van der Waals surface area contributed by atoms with E-state index in [1.165, 1.54) is 24.4 Å². The Labute approximate surface area is 194 Å². The van der Waals surface area contributed by atoms with E-state index in [0.717, 1.165) is 11.1 Å². The zero-order valence-corrected chi connectivity index (χ0v) is 18.4. The van der Waals surface area contributed by atoms with E-state index in [1.54, 1.807) is 23.8 Å². The third kappa shape index (κ3) is 4.94. The summed E-state index contributed by atoms with van der Waals surface area (Å²) in [6.07, 6.45) is 2.68. The van der Waals surface area contributed by atoms with Crippen molar-refractivity contribution < 1.29 is 32.9 Å². The van der Waals surface area contributed by atoms with Gasteiger partial charge in [-0.15, -0.1) is 0 Å². The minimum Gasteiger partial charge on any atom is -0.493 e. The minimum absolute atomic E-state index is 0.0392. The summed E-state index contributed by atoms with van der Waals surface area (Å²) in [5.41, 5.74) is 2.94. The van der Waals surface area contributed by atoms with E-state index in [-0.39, 0.29) is 11.3 Å². The second-order valence-electron chi connectivity index (χ2n) is 7.79. The van der Waals surface area contributed by atoms with Crippen LogP contribution in [-0.4, -0.2) is 42.6 Å². The Morgan fingerprint density at radius 2 is 1.88 bits per heavy atom. The van der Waals surface area contributed by atoms with E-state index in [1.807, 2.05) is 12.1 Å². The smallest absolute Gasteiger partial charge is 0.387 e. The monoisotopic (exact) mass is 471 g/mol. The Hall–Kier alpha value is -3.72. The lowest BCUT2D eigenvalue weighted by atomic mass is 9.91. The van der Waals surface area contributed by atoms with Crippen LogP contribution < -0.4 is 14.9 Å². The molecule has 3 aromatic rings. The third-order valence-electron chi connectivity index (χ3n) is 5.60. The molecule has 9 heteroatoms. The quantitative estimate of drug-likeness (QED) is 0.464. The minimum atomic E-state index is -2.92. The number of aromatic nitrogens is 1. The summed E-state index contributed by atoms with van der Waals surface area (Å²) in [4.78, 5) is 23.8. The van der Waals surface area contributed by atoms with E-state index in [2.05, 4.69) is 4.74 Å². The van der Waals surface area contributed by atoms with Crippen molar-refractivity contribution in [1.82, 2.24) is 4.57 Å². The lowest BCUT2D eigenvalue weighted by molar-refractivity contribution is -0.0498. The molecule has 0 saturated heterocycles. The highest BCUT2D eigenvalue weighted by Crippen LogP contribution is 2.39. The van der Waals surface area contributed by atoms with Crippen molar-refractivity contribution in [2.45, 2.75) is 26.0 Å². The van der Waals surface area contributed by atoms with Crippen LogP contribution in [0.1, 0.15) is 22.3 Å². The van der Waals surface area contributed by atoms with Crippen molar-refractivity contribution in [3.63, 3.8) is 0 Å². The van der Waals surface area contributed by atoms with Gasteiger partial charge in [-0.2, -0.15) is 8.78 Å². The van der Waals surface area contributed by atoms with Crippen molar-refractivity contribution >= 4 is 5.97 Å². The molecular formula is C25H23F2NO6. The highest BCUT2D eigenvalue weighted by Gasteiger charge is 2.22. The van der Waals surface area contributed by atoms with Crippen LogP contribution in [0.5, 0.6) is 11.5 Å². The molecule has 0 fully saturated rings. The molecular weight excluding hydrogens is 448 g/mol. The zero-order chi connectivity index (χ0) is 24.2. The lowest BCUT2D eigenvalue weighted by Crippen LogP contribution is -2.22. The highest BCUT2D eigenvalue weighted by molar-refractivity contribution is 5.88. The molecule has 0 spiro atoms. The first-order valence-electron chi connectivity index (χ1n) is 10.7. The molecule has 0 radical (unpaired) electrons. The fourth-order valence-electron chi connectivity index (χ4n) is 4.01. The molecule has 0 aliphatic carbocycles. The van der Waals surface area contributed by atoms with E-state index < -0.39 is 18.0 Å². The van der Waals surface area contributed by atoms with Gasteiger partial charge in [-0.05, 0) is 41.8 Å². The number of alkyl halides is 2. The number of nitrogens with zero attached hydrogens (tertiary/aromatic N) is 1. The van der Waals surface area contributed by atoms with Crippen molar-refractivity contribution in [1.29, 1.82) is 0 Å². The summed E-state index contributed by atoms with van der Waals surface area (Å²) in [6.45, 7) is -1.43. The van der Waals surface area contributed by atoms with Crippen molar-refractivity contribution in [2.75, 3.05) is 20.3 Å². The maximum Gasteiger partial charge on any atom is 0.387 e. The van der Waals surface area contributed by atoms with Crippen LogP contribution in [-0.2, 0) is 17.7 Å². The van der Waals surface area contributed by atoms with Crippen LogP contribution >= 0.6 is 0 Å². The Morgan fingerprint density at radius 1 is 1.12 bits per heavy atom. The number of pyridine rings is 1. The van der Waals surface area contributed by atoms with Gasteiger partial charge >= 0.3 is 12.6 Å². The Balaban J connectivity index is 1.79. The fourth-order valence-corrected chi connectivity index (χ4v) is 4.01. The molecule has 34 heavy (non-hydrogen) atoms. The normalized spacial score (nSPS) is 12.2. The number of methoxy groups -OCH3 is 1. The molecule has 2 heterocycles. The van der Waals surface area contributed by atoms with Crippen LogP contribution in [0.25, 0.3) is 22.4 Å². The maximum atomic E-state index is 12.5. The molecule has 2 aromatic carbocycles. The molecule has 0 amide bonds. The Kier molecular flexibility index (Phi) is 6.93. The predicted molar refractivity (Wildman–Crippen MR) is 121 cm³/mol. The second kappa shape index (κ2) is 10.0. The third-order valence-corrected chi connectivity index (χ3v) is 5.60. The lowest BCUT2D eigenvalue weighted by Gasteiger charge is -2.25. The predicted octanol–water partition coefficient (Wildman–Crippen LogP) is 4.45. The SMILES string of the molecule is COCCCOc1cc2c(cc1-c1ccc(OC(F)F)cc1)-c1cc(=O)c(C(=O)O)cn1CC2. The van der Waals surface area contributed by atoms with E-state index in [9.17, 15) is 23.5 Å². The number of carboxylic acid groups (broad SMARTS) is 1. The topological polar surface area (TPSA) is 87.0 Å². The Bertz CT molecular complexity index is 1250. The van der Waals surface area contributed by atoms with Gasteiger partial charge in [-0.1, -0.05) is 12.1 Å². The molecule has 0 bridgehead atoms. The molecule has 0 atom stereocenters. The number of carboxylic acids is 1.